The van der Waals surface area contributed by atoms with Gasteiger partial charge < -0.3 is 0 Å². The van der Waals surface area contributed by atoms with E-state index < -0.39 is 16.0 Å². The van der Waals surface area contributed by atoms with Gasteiger partial charge in [0.1, 0.15) is 0 Å². The number of rotatable bonds is 3. The van der Waals surface area contributed by atoms with Crippen LogP contribution in [0, 0.1) is 5.41 Å². The molecule has 0 saturated heterocycles. The van der Waals surface area contributed by atoms with Gasteiger partial charge in [-0.25, -0.2) is 0 Å². The molecule has 0 N–H and O–H groups in total. The van der Waals surface area contributed by atoms with Crippen molar-refractivity contribution in [3.63, 3.8) is 0 Å². The third kappa shape index (κ3) is 5.49. The van der Waals surface area contributed by atoms with E-state index in [1.807, 2.05) is 0 Å². The van der Waals surface area contributed by atoms with E-state index >= 15 is 0 Å². The van der Waals surface area contributed by atoms with Crippen LogP contribution in [0.2, 0.25) is 0 Å². The summed E-state index contributed by atoms with van der Waals surface area (Å²) in [5, 5.41) is -3.21. The molecule has 0 spiro atoms. The molecule has 0 fully saturated rings. The quantitative estimate of drug-likeness (QED) is 0.552. The molecule has 0 amide bonds. The van der Waals surface area contributed by atoms with Crippen LogP contribution in [0.25, 0.3) is 0 Å². The van der Waals surface area contributed by atoms with E-state index in [1.54, 1.807) is 13.8 Å². The van der Waals surface area contributed by atoms with Crippen LogP contribution in [-0.2, 0) is 4.79 Å². The topological polar surface area (TPSA) is 17.1 Å². The molecule has 6 heteroatoms. The summed E-state index contributed by atoms with van der Waals surface area (Å²) in [6.45, 7) is 3.33. The number of carbonyl (C=O) groups excluding carboxylic acids is 1. The van der Waals surface area contributed by atoms with Crippen LogP contribution in [0.5, 0.6) is 0 Å². The van der Waals surface area contributed by atoms with Gasteiger partial charge in [0, 0.05) is 0 Å². The Morgan fingerprint density at radius 3 is 1.82 bits per heavy atom. The molecule has 0 aliphatic rings. The van der Waals surface area contributed by atoms with Gasteiger partial charge in [0.25, 0.3) is 0 Å². The molecular formula is C5H9Cl4OP. The van der Waals surface area contributed by atoms with Gasteiger partial charge in [-0.15, -0.1) is 0 Å². The standard InChI is InChI=1S/C5H9Cl4OP/c1-5(2,4(6)10)3-11(7,8)9/h11H,3H2,1-2H3. The van der Waals surface area contributed by atoms with E-state index in [0.29, 0.717) is 0 Å². The first kappa shape index (κ1) is 12.3. The molecule has 68 valence electrons. The van der Waals surface area contributed by atoms with E-state index in [9.17, 15) is 4.79 Å². The van der Waals surface area contributed by atoms with Crippen molar-refractivity contribution in [1.82, 2.24) is 0 Å². The first-order valence-electron chi connectivity index (χ1n) is 2.92. The van der Waals surface area contributed by atoms with Crippen molar-refractivity contribution in [2.75, 3.05) is 6.16 Å². The predicted molar refractivity (Wildman–Crippen MR) is 55.4 cm³/mol. The van der Waals surface area contributed by atoms with E-state index in [-0.39, 0.29) is 6.16 Å². The Morgan fingerprint density at radius 1 is 1.36 bits per heavy atom. The summed E-state index contributed by atoms with van der Waals surface area (Å²) in [5.41, 5.74) is -0.723. The molecule has 0 heterocycles. The van der Waals surface area contributed by atoms with Gasteiger partial charge in [-0.2, -0.15) is 0 Å². The van der Waals surface area contributed by atoms with Crippen molar-refractivity contribution in [1.29, 1.82) is 0 Å². The summed E-state index contributed by atoms with van der Waals surface area (Å²) in [6, 6.07) is 0. The Hall–Kier alpha value is 1.26. The van der Waals surface area contributed by atoms with Gasteiger partial charge in [0.15, 0.2) is 0 Å². The molecule has 0 aliphatic carbocycles. The molecular weight excluding hydrogens is 249 g/mol. The van der Waals surface area contributed by atoms with Gasteiger partial charge >= 0.3 is 86.1 Å². The third-order valence-corrected chi connectivity index (χ3v) is 4.17. The summed E-state index contributed by atoms with van der Waals surface area (Å²) in [7, 11) is 0. The molecule has 0 aromatic rings. The molecule has 0 rings (SSSR count). The SMILES string of the molecule is CC(C)(C[PH](Cl)(Cl)Cl)C(=O)Cl. The van der Waals surface area contributed by atoms with Crippen molar-refractivity contribution in [2.45, 2.75) is 13.8 Å². The van der Waals surface area contributed by atoms with Crippen molar-refractivity contribution in [3.8, 4) is 0 Å². The van der Waals surface area contributed by atoms with E-state index in [2.05, 4.69) is 0 Å². The molecule has 0 unspecified atom stereocenters. The van der Waals surface area contributed by atoms with Crippen LogP contribution in [0.3, 0.4) is 0 Å². The second-order valence-electron chi connectivity index (χ2n) is 2.95. The number of carbonyl (C=O) groups is 1. The zero-order valence-electron chi connectivity index (χ0n) is 6.13. The van der Waals surface area contributed by atoms with Crippen LogP contribution in [0.4, 0.5) is 0 Å². The average Bonchev–Trinajstić information content (AvgIpc) is 1.56. The Balaban J connectivity index is 4.25. The Labute approximate surface area is 86.0 Å². The average molecular weight is 258 g/mol. The van der Waals surface area contributed by atoms with Gasteiger partial charge in [-0.05, 0) is 0 Å². The van der Waals surface area contributed by atoms with Gasteiger partial charge in [-0.3, -0.25) is 0 Å². The first-order valence-corrected chi connectivity index (χ1v) is 8.54. The fourth-order valence-corrected chi connectivity index (χ4v) is 4.92. The third-order valence-electron chi connectivity index (χ3n) is 1.17. The zero-order chi connectivity index (χ0) is 9.28. The molecule has 0 aromatic heterocycles. The molecule has 0 bridgehead atoms. The molecule has 0 radical (unpaired) electrons. The molecule has 1 nitrogen and oxygen atoms in total. The Kier molecular flexibility index (Phi) is 4.43. The summed E-state index contributed by atoms with van der Waals surface area (Å²) < 4.78 is 0. The van der Waals surface area contributed by atoms with E-state index in [4.69, 9.17) is 45.3 Å². The second kappa shape index (κ2) is 3.98. The minimum atomic E-state index is -2.74. The summed E-state index contributed by atoms with van der Waals surface area (Å²) in [6.07, 6.45) is 0.257. The van der Waals surface area contributed by atoms with Gasteiger partial charge in [0.05, 0.1) is 0 Å². The number of hydrogen-bond acceptors (Lipinski definition) is 1. The fraction of sp³-hybridized carbons (Fsp3) is 0.800. The molecule has 0 saturated carbocycles. The Bertz CT molecular complexity index is 162. The molecule has 11 heavy (non-hydrogen) atoms. The summed E-state index contributed by atoms with van der Waals surface area (Å²) in [5.74, 6) is 0. The van der Waals surface area contributed by atoms with Gasteiger partial charge in [0.2, 0.25) is 0 Å². The molecule has 0 atom stereocenters. The van der Waals surface area contributed by atoms with Gasteiger partial charge in [-0.1, -0.05) is 0 Å². The van der Waals surface area contributed by atoms with E-state index in [1.165, 1.54) is 0 Å². The maximum absolute atomic E-state index is 10.8. The number of halogens is 4. The first-order chi connectivity index (χ1) is 4.65. The fourth-order valence-electron chi connectivity index (χ4n) is 0.571. The predicted octanol–water partition coefficient (Wildman–Crippen LogP) is 3.99. The second-order valence-corrected chi connectivity index (χ2v) is 12.4. The van der Waals surface area contributed by atoms with Crippen LogP contribution >= 0.6 is 50.6 Å². The van der Waals surface area contributed by atoms with Crippen LogP contribution < -0.4 is 0 Å². The van der Waals surface area contributed by atoms with E-state index in [0.717, 1.165) is 0 Å². The van der Waals surface area contributed by atoms with Crippen LogP contribution in [-0.4, -0.2) is 11.4 Å². The molecule has 0 aromatic carbocycles. The molecule has 0 aliphatic heterocycles. The monoisotopic (exact) mass is 256 g/mol. The van der Waals surface area contributed by atoms with Crippen molar-refractivity contribution in [2.24, 2.45) is 5.41 Å². The summed E-state index contributed by atoms with van der Waals surface area (Å²) >= 11 is 22.1. The minimum absolute atomic E-state index is 0.257. The van der Waals surface area contributed by atoms with Crippen molar-refractivity contribution < 1.29 is 4.79 Å². The Morgan fingerprint density at radius 2 is 1.73 bits per heavy atom. The van der Waals surface area contributed by atoms with Crippen molar-refractivity contribution >= 4 is 55.9 Å². The summed E-state index contributed by atoms with van der Waals surface area (Å²) in [4.78, 5) is 10.8. The zero-order valence-corrected chi connectivity index (χ0v) is 10.2. The van der Waals surface area contributed by atoms with Crippen LogP contribution in [0.1, 0.15) is 13.8 Å². The normalized spacial score (nSPS) is 14.7. The van der Waals surface area contributed by atoms with Crippen molar-refractivity contribution in [3.05, 3.63) is 0 Å². The van der Waals surface area contributed by atoms with Crippen LogP contribution in [0.15, 0.2) is 0 Å². The number of hydrogen-bond donors (Lipinski definition) is 0. The maximum atomic E-state index is 10.8.